The molecule has 0 aliphatic carbocycles. The Balaban J connectivity index is 1.70. The van der Waals surface area contributed by atoms with Gasteiger partial charge < -0.3 is 5.32 Å². The molecule has 216 valence electrons. The zero-order chi connectivity index (χ0) is 43.7. The van der Waals surface area contributed by atoms with Crippen LogP contribution in [0.2, 0.25) is 0 Å². The van der Waals surface area contributed by atoms with E-state index in [9.17, 15) is 0 Å². The lowest BCUT2D eigenvalue weighted by Gasteiger charge is -2.29. The van der Waals surface area contributed by atoms with Crippen LogP contribution in [0.4, 0.5) is 5.69 Å². The minimum absolute atomic E-state index is 0.00805. The van der Waals surface area contributed by atoms with Gasteiger partial charge in [-0.1, -0.05) is 83.0 Å². The van der Waals surface area contributed by atoms with Crippen molar-refractivity contribution in [1.29, 1.82) is 0 Å². The van der Waals surface area contributed by atoms with E-state index >= 15 is 0 Å². The summed E-state index contributed by atoms with van der Waals surface area (Å²) in [6, 6.07) is 1.42. The molecule has 1 N–H and O–H groups in total. The van der Waals surface area contributed by atoms with Crippen LogP contribution in [0, 0.1) is 12.3 Å². The number of terminal acetylenes is 1. The number of hydrogen-bond donors (Lipinski definition) is 1. The molecule has 44 radical (unpaired) electrons. The van der Waals surface area contributed by atoms with Gasteiger partial charge in [-0.25, -0.2) is 0 Å². The van der Waals surface area contributed by atoms with E-state index in [-0.39, 0.29) is 177 Å². The quantitative estimate of drug-likeness (QED) is 0.103. The van der Waals surface area contributed by atoms with Gasteiger partial charge in [0.1, 0.15) is 173 Å². The molecule has 58 heavy (non-hydrogen) atoms. The maximum atomic E-state index is 6.88. The summed E-state index contributed by atoms with van der Waals surface area (Å²) in [6.45, 7) is -0.274. The van der Waals surface area contributed by atoms with Crippen molar-refractivity contribution in [3.8, 4) is 34.6 Å². The van der Waals surface area contributed by atoms with Crippen molar-refractivity contribution in [2.45, 2.75) is 0 Å². The van der Waals surface area contributed by atoms with Crippen molar-refractivity contribution in [2.24, 2.45) is 0 Å². The number of anilines is 1. The molecule has 0 aromatic heterocycles. The first-order valence-corrected chi connectivity index (χ1v) is 16.7. The molecule has 5 aromatic carbocycles. The third kappa shape index (κ3) is 7.20. The Morgan fingerprint density at radius 2 is 0.828 bits per heavy atom. The Labute approximate surface area is 370 Å². The Morgan fingerprint density at radius 1 is 0.448 bits per heavy atom. The third-order valence-corrected chi connectivity index (χ3v) is 10.1. The van der Waals surface area contributed by atoms with Crippen molar-refractivity contribution in [2.75, 3.05) is 11.9 Å². The van der Waals surface area contributed by atoms with Gasteiger partial charge in [0.15, 0.2) is 0 Å². The van der Waals surface area contributed by atoms with E-state index in [2.05, 4.69) is 11.2 Å². The predicted octanol–water partition coefficient (Wildman–Crippen LogP) is -15.6. The third-order valence-electron chi connectivity index (χ3n) is 10.1. The molecule has 23 heteroatoms. The first-order valence-electron chi connectivity index (χ1n) is 16.7. The van der Waals surface area contributed by atoms with Crippen LogP contribution in [0.15, 0.2) is 22.5 Å². The normalized spacial score (nSPS) is 12.2. The van der Waals surface area contributed by atoms with Gasteiger partial charge in [0, 0.05) is 12.2 Å². The maximum Gasteiger partial charge on any atom is 0.127 e. The van der Waals surface area contributed by atoms with Crippen LogP contribution < -0.4 is 109 Å². The molecule has 0 saturated carbocycles. The fraction of sp³-hybridized carbons (Fsp3) is 0.0286. The maximum absolute atomic E-state index is 6.88. The molecular weight excluding hydrogens is 672 g/mol. The van der Waals surface area contributed by atoms with Gasteiger partial charge in [0.05, 0.1) is 0 Å². The van der Waals surface area contributed by atoms with Crippen molar-refractivity contribution in [3.05, 3.63) is 28.0 Å². The van der Waals surface area contributed by atoms with Crippen LogP contribution in [0.3, 0.4) is 0 Å². The van der Waals surface area contributed by atoms with Crippen molar-refractivity contribution in [3.63, 3.8) is 0 Å². The summed E-state index contributed by atoms with van der Waals surface area (Å²) in [5, 5.41) is 3.32. The molecule has 0 bridgehead atoms. The lowest BCUT2D eigenvalue weighted by Crippen LogP contribution is -2.57. The molecule has 0 amide bonds. The zero-order valence-electron chi connectivity index (χ0n) is 31.1. The summed E-state index contributed by atoms with van der Waals surface area (Å²) in [5.74, 6) is 2.34. The van der Waals surface area contributed by atoms with Crippen LogP contribution in [-0.4, -0.2) is 179 Å². The summed E-state index contributed by atoms with van der Waals surface area (Å²) in [7, 11) is 141. The topological polar surface area (TPSA) is 12.0 Å². The number of fused-ring (bicyclic) bond motifs is 1. The number of rotatable bonds is 7. The fourth-order valence-corrected chi connectivity index (χ4v) is 6.74. The summed E-state index contributed by atoms with van der Waals surface area (Å²) in [4.78, 5) is 0. The fourth-order valence-electron chi connectivity index (χ4n) is 6.74. The lowest BCUT2D eigenvalue weighted by atomic mass is 9.56. The molecule has 0 heterocycles. The van der Waals surface area contributed by atoms with Crippen molar-refractivity contribution < 1.29 is 0 Å². The average molecular weight is 677 g/mol. The molecule has 0 spiro atoms. The van der Waals surface area contributed by atoms with Gasteiger partial charge in [0.2, 0.25) is 0 Å². The smallest absolute Gasteiger partial charge is 0.127 e. The summed E-state index contributed by atoms with van der Waals surface area (Å²) in [6.07, 6.45) is 5.80. The van der Waals surface area contributed by atoms with Crippen LogP contribution >= 0.6 is 0 Å². The van der Waals surface area contributed by atoms with Gasteiger partial charge in [-0.2, -0.15) is 0 Å². The van der Waals surface area contributed by atoms with Crippen molar-refractivity contribution >= 4 is 298 Å². The zero-order valence-corrected chi connectivity index (χ0v) is 31.1. The highest BCUT2D eigenvalue weighted by molar-refractivity contribution is 6.73. The van der Waals surface area contributed by atoms with Crippen LogP contribution in [-0.2, 0) is 0 Å². The van der Waals surface area contributed by atoms with Gasteiger partial charge in [-0.05, 0) is 49.6 Å². The van der Waals surface area contributed by atoms with Gasteiger partial charge in [-0.15, -0.1) is 50.1 Å². The highest BCUT2D eigenvalue weighted by Crippen LogP contribution is 2.27. The summed E-state index contributed by atoms with van der Waals surface area (Å²) >= 11 is 0. The largest absolute Gasteiger partial charge is 0.383 e. The van der Waals surface area contributed by atoms with E-state index < -0.39 is 0 Å². The number of hydrogen-bond acceptors (Lipinski definition) is 1. The Morgan fingerprint density at radius 3 is 1.29 bits per heavy atom. The lowest BCUT2D eigenvalue weighted by molar-refractivity contribution is 1.32. The number of allylic oxidation sites excluding steroid dienone is 3. The number of benzene rings is 5. The second-order valence-electron chi connectivity index (χ2n) is 13.3. The van der Waals surface area contributed by atoms with E-state index in [1.165, 1.54) is 6.07 Å². The van der Waals surface area contributed by atoms with E-state index in [0.29, 0.717) is 0 Å². The highest BCUT2D eigenvalue weighted by Gasteiger charge is 2.24. The average Bonchev–Trinajstić information content (AvgIpc) is 3.19. The van der Waals surface area contributed by atoms with E-state index in [0.717, 1.165) is 0 Å². The van der Waals surface area contributed by atoms with Crippen LogP contribution in [0.5, 0.6) is 0 Å². The molecule has 5 aromatic rings. The molecule has 5 rings (SSSR count). The molecular formula is C35H5B22N. The molecule has 0 saturated heterocycles. The Kier molecular flexibility index (Phi) is 13.4. The van der Waals surface area contributed by atoms with Crippen LogP contribution in [0.25, 0.3) is 38.6 Å². The minimum atomic E-state index is -0.274. The molecule has 0 aliphatic rings. The molecule has 0 unspecified atom stereocenters. The minimum Gasteiger partial charge on any atom is -0.383 e. The standard InChI is InChI=1S/C35H5B22N/c1-2-6(36)10(12-16(39)5(3-7(37)17(12)40)9-11-13(21(44)27(50)19(9)42)22(45)29(52)28(51)20(11)43)18(41)8(38)4-58-35-33(56)25(48)15(26(49)34(35)57)14-23(46)30(53)32(55)31(54)24(14)47/h1,3,58H,4H2/b10-6+,18-8-. The first kappa shape index (κ1) is 45.7. The number of nitrogens with one attached hydrogen (secondary N) is 1. The van der Waals surface area contributed by atoms with Crippen molar-refractivity contribution in [1.82, 2.24) is 0 Å². The van der Waals surface area contributed by atoms with E-state index in [1.807, 2.05) is 0 Å². The molecule has 0 aliphatic heterocycles. The summed E-state index contributed by atoms with van der Waals surface area (Å²) < 4.78 is 0. The first-order chi connectivity index (χ1) is 27.0. The van der Waals surface area contributed by atoms with Gasteiger partial charge in [-0.3, -0.25) is 0 Å². The van der Waals surface area contributed by atoms with E-state index in [1.54, 1.807) is 0 Å². The summed E-state index contributed by atoms with van der Waals surface area (Å²) in [5.41, 5.74) is -1.16. The highest BCUT2D eigenvalue weighted by atomic mass is 14.9. The van der Waals surface area contributed by atoms with Gasteiger partial charge in [0.25, 0.3) is 0 Å². The Hall–Kier alpha value is -3.37. The second-order valence-corrected chi connectivity index (χ2v) is 13.3. The molecule has 1 nitrogen and oxygen atoms in total. The van der Waals surface area contributed by atoms with E-state index in [4.69, 9.17) is 179 Å². The Bertz CT molecular complexity index is 2700. The van der Waals surface area contributed by atoms with Gasteiger partial charge >= 0.3 is 0 Å². The monoisotopic (exact) mass is 681 g/mol. The second kappa shape index (κ2) is 16.9. The molecule has 0 atom stereocenters. The molecule has 0 fully saturated rings. The van der Waals surface area contributed by atoms with Crippen LogP contribution in [0.1, 0.15) is 5.56 Å². The SMILES string of the molecule is [B]/C(CNc1c([B])c([B])c(-c2c([B])c([B])c([B])c([B])c2[B])c([B])c1[B])=C([B])/C(=C(/[B])C#C)c1c([B])c([B])cc(-c2c([B])c([B])c([B])c3c([B])c([B])c([B])c([B])c23)c1[B]. The predicted molar refractivity (Wildman–Crippen MR) is 272 cm³/mol.